The average Bonchev–Trinajstić information content (AvgIpc) is 3.63. The molecule has 5 aromatic rings. The van der Waals surface area contributed by atoms with Crippen LogP contribution in [0.1, 0.15) is 60.2 Å². The van der Waals surface area contributed by atoms with Gasteiger partial charge in [-0.25, -0.2) is 9.18 Å². The molecule has 9 nitrogen and oxygen atoms in total. The van der Waals surface area contributed by atoms with Crippen LogP contribution in [0.5, 0.6) is 5.75 Å². The van der Waals surface area contributed by atoms with Crippen LogP contribution in [0.2, 0.25) is 0 Å². The van der Waals surface area contributed by atoms with Crippen LogP contribution in [0.15, 0.2) is 54.6 Å². The number of ether oxygens (including phenoxy) is 3. The van der Waals surface area contributed by atoms with Crippen molar-refractivity contribution in [2.24, 2.45) is 7.05 Å². The van der Waals surface area contributed by atoms with Crippen molar-refractivity contribution < 1.29 is 28.5 Å². The van der Waals surface area contributed by atoms with Gasteiger partial charge >= 0.3 is 5.97 Å². The van der Waals surface area contributed by atoms with Crippen LogP contribution < -0.4 is 4.74 Å². The third-order valence-corrected chi connectivity index (χ3v) is 9.01. The Balaban J connectivity index is 1.34. The molecular formula is C37H43FN4O5. The van der Waals surface area contributed by atoms with Crippen molar-refractivity contribution >= 4 is 27.6 Å². The van der Waals surface area contributed by atoms with Gasteiger partial charge in [-0.15, -0.1) is 0 Å². The zero-order valence-electron chi connectivity index (χ0n) is 27.4. The van der Waals surface area contributed by atoms with Gasteiger partial charge in [0.15, 0.2) is 0 Å². The first-order valence-electron chi connectivity index (χ1n) is 16.6. The summed E-state index contributed by atoms with van der Waals surface area (Å²) >= 11 is 0. The van der Waals surface area contributed by atoms with E-state index in [0.29, 0.717) is 80.1 Å². The number of hydrogen-bond acceptors (Lipinski definition) is 7. The van der Waals surface area contributed by atoms with E-state index in [2.05, 4.69) is 22.0 Å². The fraction of sp³-hybridized carbons (Fsp3) is 0.405. The van der Waals surface area contributed by atoms with Gasteiger partial charge in [-0.2, -0.15) is 5.10 Å². The highest BCUT2D eigenvalue weighted by molar-refractivity contribution is 6.04. The molecule has 1 saturated heterocycles. The molecule has 1 atom stereocenters. The molecule has 0 radical (unpaired) electrons. The number of esters is 1. The lowest BCUT2D eigenvalue weighted by atomic mass is 9.94. The maximum atomic E-state index is 16.1. The Bertz CT molecular complexity index is 1850. The third kappa shape index (κ3) is 6.76. The number of aliphatic hydroxyl groups is 1. The third-order valence-electron chi connectivity index (χ3n) is 9.01. The van der Waals surface area contributed by atoms with Crippen molar-refractivity contribution in [1.82, 2.24) is 19.7 Å². The van der Waals surface area contributed by atoms with Gasteiger partial charge < -0.3 is 24.3 Å². The molecule has 0 saturated carbocycles. The monoisotopic (exact) mass is 642 g/mol. The lowest BCUT2D eigenvalue weighted by Crippen LogP contribution is -2.37. The van der Waals surface area contributed by atoms with E-state index in [0.717, 1.165) is 46.3 Å². The number of aryl methyl sites for hydroxylation is 2. The number of aromatic nitrogens is 3. The molecule has 2 N–H and O–H groups in total. The first-order valence-corrected chi connectivity index (χ1v) is 16.6. The van der Waals surface area contributed by atoms with Crippen LogP contribution >= 0.6 is 0 Å². The minimum Gasteiger partial charge on any atom is -0.493 e. The molecule has 10 heteroatoms. The minimum atomic E-state index is -0.904. The number of hydrogen-bond donors (Lipinski definition) is 2. The molecule has 6 rings (SSSR count). The van der Waals surface area contributed by atoms with Gasteiger partial charge in [-0.3, -0.25) is 9.58 Å². The fourth-order valence-corrected chi connectivity index (χ4v) is 6.69. The largest absolute Gasteiger partial charge is 0.493 e. The van der Waals surface area contributed by atoms with Crippen LogP contribution in [0.3, 0.4) is 0 Å². The summed E-state index contributed by atoms with van der Waals surface area (Å²) in [6.45, 7) is 8.03. The van der Waals surface area contributed by atoms with Crippen molar-refractivity contribution in [3.8, 4) is 16.9 Å². The van der Waals surface area contributed by atoms with Gasteiger partial charge in [0.1, 0.15) is 17.3 Å². The Kier molecular flexibility index (Phi) is 10.2. The lowest BCUT2D eigenvalue weighted by molar-refractivity contribution is 0.0297. The number of carbonyl (C=O) groups is 1. The summed E-state index contributed by atoms with van der Waals surface area (Å²) < 4.78 is 34.9. The Morgan fingerprint density at radius 3 is 2.64 bits per heavy atom. The molecule has 0 aliphatic carbocycles. The molecule has 47 heavy (non-hydrogen) atoms. The number of aromatic amines is 1. The number of aliphatic hydroxyl groups excluding tert-OH is 1. The summed E-state index contributed by atoms with van der Waals surface area (Å²) in [5.41, 5.74) is 3.64. The summed E-state index contributed by atoms with van der Waals surface area (Å²) in [6, 6.07) is 17.2. The number of carbonyl (C=O) groups excluding carboxylic acids is 1. The summed E-state index contributed by atoms with van der Waals surface area (Å²) in [6.07, 6.45) is 1.25. The molecule has 0 bridgehead atoms. The molecular weight excluding hydrogens is 599 g/mol. The Hall–Kier alpha value is -4.25. The topological polar surface area (TPSA) is 102 Å². The van der Waals surface area contributed by atoms with E-state index in [1.54, 1.807) is 17.7 Å². The first kappa shape index (κ1) is 32.7. The highest BCUT2D eigenvalue weighted by atomic mass is 19.1. The summed E-state index contributed by atoms with van der Waals surface area (Å²) in [5.74, 6) is -0.141. The smallest absolute Gasteiger partial charge is 0.355 e. The molecule has 0 amide bonds. The Morgan fingerprint density at radius 2 is 1.85 bits per heavy atom. The van der Waals surface area contributed by atoms with E-state index < -0.39 is 17.9 Å². The molecule has 2 aromatic heterocycles. The van der Waals surface area contributed by atoms with Crippen LogP contribution in [-0.2, 0) is 29.4 Å². The predicted octanol–water partition coefficient (Wildman–Crippen LogP) is 6.37. The van der Waals surface area contributed by atoms with E-state index in [4.69, 9.17) is 19.3 Å². The molecule has 1 aliphatic heterocycles. The second-order valence-electron chi connectivity index (χ2n) is 11.9. The van der Waals surface area contributed by atoms with Crippen molar-refractivity contribution in [3.05, 3.63) is 83.1 Å². The molecule has 1 unspecified atom stereocenters. The summed E-state index contributed by atoms with van der Waals surface area (Å²) in [5, 5.41) is 19.0. The van der Waals surface area contributed by atoms with Gasteiger partial charge in [-0.05, 0) is 61.8 Å². The van der Waals surface area contributed by atoms with E-state index in [1.807, 2.05) is 44.3 Å². The Morgan fingerprint density at radius 1 is 1.06 bits per heavy atom. The quantitative estimate of drug-likeness (QED) is 0.114. The number of morpholine rings is 1. The van der Waals surface area contributed by atoms with E-state index >= 15 is 4.39 Å². The maximum absolute atomic E-state index is 16.1. The fourth-order valence-electron chi connectivity index (χ4n) is 6.69. The van der Waals surface area contributed by atoms with Crippen molar-refractivity contribution in [2.45, 2.75) is 45.6 Å². The van der Waals surface area contributed by atoms with E-state index in [1.165, 1.54) is 6.07 Å². The average molecular weight is 643 g/mol. The van der Waals surface area contributed by atoms with Crippen LogP contribution in [-0.4, -0.2) is 76.8 Å². The number of rotatable bonds is 13. The van der Waals surface area contributed by atoms with Crippen molar-refractivity contribution in [2.75, 3.05) is 46.1 Å². The predicted molar refractivity (Wildman–Crippen MR) is 180 cm³/mol. The second kappa shape index (κ2) is 14.7. The first-order chi connectivity index (χ1) is 22.9. The lowest BCUT2D eigenvalue weighted by Gasteiger charge is -2.27. The van der Waals surface area contributed by atoms with Crippen molar-refractivity contribution in [1.29, 1.82) is 0 Å². The number of nitrogens with zero attached hydrogens (tertiary/aromatic N) is 3. The molecule has 248 valence electrons. The molecule has 3 heterocycles. The highest BCUT2D eigenvalue weighted by Crippen LogP contribution is 2.40. The summed E-state index contributed by atoms with van der Waals surface area (Å²) in [4.78, 5) is 18.8. The number of halogens is 1. The zero-order chi connectivity index (χ0) is 32.9. The number of H-pyrrole nitrogens is 1. The molecule has 0 spiro atoms. The standard InChI is InChI=1S/C37H43FN4O5/c1-4-29-33(36(40-41(29)3)30(43)17-18-42-19-22-45-23-20-42)32-28(38)16-15-27-26(35(39-34(27)32)37(44)46-5-2)13-9-21-47-31-14-8-11-24-10-6-7-12-25(24)31/h6-8,10-12,14-16,30,39,43H,4-5,9,13,17-23H2,1-3H3. The van der Waals surface area contributed by atoms with Gasteiger partial charge in [0.2, 0.25) is 0 Å². The SMILES string of the molecule is CCOC(=O)c1[nH]c2c(-c3c(C(O)CCN4CCOCC4)nn(C)c3CC)c(F)ccc2c1CCCOc1cccc2ccccc12. The minimum absolute atomic E-state index is 0.209. The van der Waals surface area contributed by atoms with Crippen LogP contribution in [0, 0.1) is 5.82 Å². The normalized spacial score (nSPS) is 14.6. The number of fused-ring (bicyclic) bond motifs is 2. The maximum Gasteiger partial charge on any atom is 0.355 e. The number of nitrogens with one attached hydrogen (secondary N) is 1. The van der Waals surface area contributed by atoms with Gasteiger partial charge in [-0.1, -0.05) is 43.3 Å². The Labute approximate surface area is 274 Å². The number of benzene rings is 3. The van der Waals surface area contributed by atoms with Gasteiger partial charge in [0.25, 0.3) is 0 Å². The van der Waals surface area contributed by atoms with Crippen LogP contribution in [0.25, 0.3) is 32.8 Å². The van der Waals surface area contributed by atoms with E-state index in [-0.39, 0.29) is 6.61 Å². The summed E-state index contributed by atoms with van der Waals surface area (Å²) in [7, 11) is 1.82. The van der Waals surface area contributed by atoms with Crippen molar-refractivity contribution in [3.63, 3.8) is 0 Å². The molecule has 3 aromatic carbocycles. The molecule has 1 fully saturated rings. The molecule has 1 aliphatic rings. The zero-order valence-corrected chi connectivity index (χ0v) is 27.4. The van der Waals surface area contributed by atoms with Gasteiger partial charge in [0, 0.05) is 54.3 Å². The van der Waals surface area contributed by atoms with E-state index in [9.17, 15) is 9.90 Å². The highest BCUT2D eigenvalue weighted by Gasteiger charge is 2.29. The second-order valence-corrected chi connectivity index (χ2v) is 11.9. The van der Waals surface area contributed by atoms with Gasteiger partial charge in [0.05, 0.1) is 43.7 Å². The van der Waals surface area contributed by atoms with Crippen LogP contribution in [0.4, 0.5) is 4.39 Å².